The molecule has 0 aliphatic rings. The van der Waals surface area contributed by atoms with E-state index in [1.165, 1.54) is 12.1 Å². The van der Waals surface area contributed by atoms with Crippen LogP contribution in [-0.2, 0) is 4.74 Å². The highest BCUT2D eigenvalue weighted by Gasteiger charge is 2.21. The summed E-state index contributed by atoms with van der Waals surface area (Å²) in [5.74, 6) is -1.28. The lowest BCUT2D eigenvalue weighted by Crippen LogP contribution is -2.24. The van der Waals surface area contributed by atoms with Gasteiger partial charge in [0.1, 0.15) is 11.4 Å². The molecule has 0 spiro atoms. The van der Waals surface area contributed by atoms with Gasteiger partial charge in [-0.1, -0.05) is 6.07 Å². The zero-order valence-corrected chi connectivity index (χ0v) is 10.5. The third-order valence-corrected chi connectivity index (χ3v) is 2.31. The lowest BCUT2D eigenvalue weighted by atomic mass is 10.1. The molecule has 0 N–H and O–H groups in total. The van der Waals surface area contributed by atoms with Crippen LogP contribution in [0.3, 0.4) is 0 Å². The molecule has 0 aliphatic heterocycles. The summed E-state index contributed by atoms with van der Waals surface area (Å²) in [6.07, 6.45) is 1.58. The van der Waals surface area contributed by atoms with Gasteiger partial charge in [0.2, 0.25) is 0 Å². The maximum atomic E-state index is 13.8. The van der Waals surface area contributed by atoms with E-state index in [0.717, 1.165) is 0 Å². The zero-order chi connectivity index (χ0) is 13.3. The van der Waals surface area contributed by atoms with Crippen molar-refractivity contribution in [1.29, 1.82) is 0 Å². The van der Waals surface area contributed by atoms with Gasteiger partial charge in [-0.25, -0.2) is 9.18 Å². The van der Waals surface area contributed by atoms with Crippen molar-refractivity contribution in [2.75, 3.05) is 0 Å². The standard InChI is InChI=1S/C14H14FNO2/c1-14(2,3)18-13(17)10-7-9-5-4-6-16-12(9)8-11(10)15/h4-8H,1-3H3. The first kappa shape index (κ1) is 12.5. The second kappa shape index (κ2) is 4.37. The Morgan fingerprint density at radius 3 is 2.72 bits per heavy atom. The maximum absolute atomic E-state index is 13.8. The lowest BCUT2D eigenvalue weighted by molar-refractivity contribution is 0.00650. The van der Waals surface area contributed by atoms with Crippen molar-refractivity contribution >= 4 is 16.9 Å². The number of pyridine rings is 1. The largest absolute Gasteiger partial charge is 0.456 e. The number of carbonyl (C=O) groups is 1. The van der Waals surface area contributed by atoms with Crippen molar-refractivity contribution in [3.8, 4) is 0 Å². The molecule has 0 radical (unpaired) electrons. The SMILES string of the molecule is CC(C)(C)OC(=O)c1cc2cccnc2cc1F. The summed E-state index contributed by atoms with van der Waals surface area (Å²) in [5, 5.41) is 0.708. The Kier molecular flexibility index (Phi) is 3.03. The minimum absolute atomic E-state index is 0.0644. The van der Waals surface area contributed by atoms with E-state index < -0.39 is 17.4 Å². The molecule has 0 bridgehead atoms. The third kappa shape index (κ3) is 2.64. The summed E-state index contributed by atoms with van der Waals surface area (Å²) in [7, 11) is 0. The van der Waals surface area contributed by atoms with Gasteiger partial charge in [0.15, 0.2) is 0 Å². The van der Waals surface area contributed by atoms with Gasteiger partial charge in [0.25, 0.3) is 0 Å². The molecule has 0 amide bonds. The second-order valence-corrected chi connectivity index (χ2v) is 5.03. The Morgan fingerprint density at radius 2 is 2.06 bits per heavy atom. The third-order valence-electron chi connectivity index (χ3n) is 2.31. The van der Waals surface area contributed by atoms with Crippen LogP contribution in [0, 0.1) is 5.82 Å². The molecular weight excluding hydrogens is 233 g/mol. The van der Waals surface area contributed by atoms with E-state index in [-0.39, 0.29) is 5.56 Å². The molecule has 0 fully saturated rings. The first-order chi connectivity index (χ1) is 8.37. The molecule has 2 aromatic rings. The van der Waals surface area contributed by atoms with Crippen LogP contribution in [0.4, 0.5) is 4.39 Å². The van der Waals surface area contributed by atoms with Crippen LogP contribution in [0.15, 0.2) is 30.5 Å². The van der Waals surface area contributed by atoms with E-state index in [4.69, 9.17) is 4.74 Å². The summed E-state index contributed by atoms with van der Waals surface area (Å²) in [5.41, 5.74) is -0.194. The number of hydrogen-bond donors (Lipinski definition) is 0. The van der Waals surface area contributed by atoms with Crippen LogP contribution < -0.4 is 0 Å². The van der Waals surface area contributed by atoms with Gasteiger partial charge >= 0.3 is 5.97 Å². The number of esters is 1. The second-order valence-electron chi connectivity index (χ2n) is 5.03. The molecule has 1 heterocycles. The zero-order valence-electron chi connectivity index (χ0n) is 10.5. The van der Waals surface area contributed by atoms with E-state index >= 15 is 0 Å². The van der Waals surface area contributed by atoms with Gasteiger partial charge < -0.3 is 4.74 Å². The number of halogens is 1. The smallest absolute Gasteiger partial charge is 0.341 e. The summed E-state index contributed by atoms with van der Waals surface area (Å²) in [4.78, 5) is 15.9. The number of ether oxygens (including phenoxy) is 1. The Labute approximate surface area is 105 Å². The number of aromatic nitrogens is 1. The molecule has 0 unspecified atom stereocenters. The topological polar surface area (TPSA) is 39.2 Å². The average Bonchev–Trinajstić information content (AvgIpc) is 2.25. The van der Waals surface area contributed by atoms with Crippen LogP contribution in [0.5, 0.6) is 0 Å². The Bertz CT molecular complexity index is 602. The van der Waals surface area contributed by atoms with E-state index in [1.54, 1.807) is 39.1 Å². The van der Waals surface area contributed by atoms with E-state index in [1.807, 2.05) is 0 Å². The first-order valence-electron chi connectivity index (χ1n) is 5.64. The summed E-state index contributed by atoms with van der Waals surface area (Å²) < 4.78 is 19.0. The monoisotopic (exact) mass is 247 g/mol. The fourth-order valence-electron chi connectivity index (χ4n) is 1.58. The predicted molar refractivity (Wildman–Crippen MR) is 66.9 cm³/mol. The molecule has 94 valence electrons. The van der Waals surface area contributed by atoms with E-state index in [9.17, 15) is 9.18 Å². The molecular formula is C14H14FNO2. The van der Waals surface area contributed by atoms with Crippen molar-refractivity contribution in [3.63, 3.8) is 0 Å². The molecule has 1 aromatic carbocycles. The van der Waals surface area contributed by atoms with Gasteiger partial charge in [-0.2, -0.15) is 0 Å². The van der Waals surface area contributed by atoms with Gasteiger partial charge in [0.05, 0.1) is 11.1 Å². The fourth-order valence-corrected chi connectivity index (χ4v) is 1.58. The highest BCUT2D eigenvalue weighted by atomic mass is 19.1. The van der Waals surface area contributed by atoms with Crippen molar-refractivity contribution < 1.29 is 13.9 Å². The molecule has 3 nitrogen and oxygen atoms in total. The van der Waals surface area contributed by atoms with Gasteiger partial charge in [-0.15, -0.1) is 0 Å². The van der Waals surface area contributed by atoms with Crippen LogP contribution in [0.1, 0.15) is 31.1 Å². The Morgan fingerprint density at radius 1 is 1.33 bits per heavy atom. The molecule has 0 aliphatic carbocycles. The molecule has 1 aromatic heterocycles. The van der Waals surface area contributed by atoms with Crippen LogP contribution >= 0.6 is 0 Å². The van der Waals surface area contributed by atoms with Crippen molar-refractivity contribution in [2.45, 2.75) is 26.4 Å². The minimum atomic E-state index is -0.661. The number of nitrogens with zero attached hydrogens (tertiary/aromatic N) is 1. The Balaban J connectivity index is 2.45. The van der Waals surface area contributed by atoms with Crippen LogP contribution in [-0.4, -0.2) is 16.6 Å². The molecule has 0 saturated carbocycles. The summed E-state index contributed by atoms with van der Waals surface area (Å²) >= 11 is 0. The number of carbonyl (C=O) groups excluding carboxylic acids is 1. The normalized spacial score (nSPS) is 11.6. The van der Waals surface area contributed by atoms with Gasteiger partial charge in [-0.05, 0) is 32.9 Å². The number of fused-ring (bicyclic) bond motifs is 1. The van der Waals surface area contributed by atoms with Crippen molar-refractivity contribution in [1.82, 2.24) is 4.98 Å². The first-order valence-corrected chi connectivity index (χ1v) is 5.64. The lowest BCUT2D eigenvalue weighted by Gasteiger charge is -2.19. The molecule has 18 heavy (non-hydrogen) atoms. The number of benzene rings is 1. The highest BCUT2D eigenvalue weighted by Crippen LogP contribution is 2.20. The van der Waals surface area contributed by atoms with E-state index in [2.05, 4.69) is 4.98 Å². The molecule has 2 rings (SSSR count). The van der Waals surface area contributed by atoms with Gasteiger partial charge in [0, 0.05) is 17.6 Å². The summed E-state index contributed by atoms with van der Waals surface area (Å²) in [6.45, 7) is 5.22. The fraction of sp³-hybridized carbons (Fsp3) is 0.286. The van der Waals surface area contributed by atoms with Crippen molar-refractivity contribution in [3.05, 3.63) is 41.8 Å². The Hall–Kier alpha value is -1.97. The quantitative estimate of drug-likeness (QED) is 0.725. The number of hydrogen-bond acceptors (Lipinski definition) is 3. The van der Waals surface area contributed by atoms with Gasteiger partial charge in [-0.3, -0.25) is 4.98 Å². The molecule has 4 heteroatoms. The molecule has 0 atom stereocenters. The summed E-state index contributed by atoms with van der Waals surface area (Å²) in [6, 6.07) is 6.22. The predicted octanol–water partition coefficient (Wildman–Crippen LogP) is 3.33. The maximum Gasteiger partial charge on any atom is 0.341 e. The highest BCUT2D eigenvalue weighted by molar-refractivity contribution is 5.94. The number of rotatable bonds is 1. The minimum Gasteiger partial charge on any atom is -0.456 e. The average molecular weight is 247 g/mol. The van der Waals surface area contributed by atoms with Crippen LogP contribution in [0.25, 0.3) is 10.9 Å². The molecule has 0 saturated heterocycles. The van der Waals surface area contributed by atoms with E-state index in [0.29, 0.717) is 10.9 Å². The van der Waals surface area contributed by atoms with Crippen LogP contribution in [0.2, 0.25) is 0 Å². The van der Waals surface area contributed by atoms with Crippen molar-refractivity contribution in [2.24, 2.45) is 0 Å².